The van der Waals surface area contributed by atoms with Crippen molar-refractivity contribution in [3.05, 3.63) is 70.4 Å². The Morgan fingerprint density at radius 3 is 2.51 bits per heavy atom. The molecule has 37 heavy (non-hydrogen) atoms. The number of benzene rings is 1. The highest BCUT2D eigenvalue weighted by molar-refractivity contribution is 5.94. The van der Waals surface area contributed by atoms with Gasteiger partial charge in [0.15, 0.2) is 0 Å². The van der Waals surface area contributed by atoms with Crippen LogP contribution in [-0.4, -0.2) is 70.0 Å². The van der Waals surface area contributed by atoms with Crippen LogP contribution in [0.4, 0.5) is 17.6 Å². The van der Waals surface area contributed by atoms with Crippen molar-refractivity contribution in [1.82, 2.24) is 24.5 Å². The molecule has 0 aliphatic carbocycles. The Kier molecular flexibility index (Phi) is 6.97. The van der Waals surface area contributed by atoms with Gasteiger partial charge in [-0.15, -0.1) is 0 Å². The van der Waals surface area contributed by atoms with Crippen LogP contribution in [0.3, 0.4) is 0 Å². The molecule has 1 N–H and O–H groups in total. The van der Waals surface area contributed by atoms with Crippen LogP contribution in [0.5, 0.6) is 0 Å². The van der Waals surface area contributed by atoms with Crippen molar-refractivity contribution in [2.24, 2.45) is 0 Å². The van der Waals surface area contributed by atoms with Gasteiger partial charge < -0.3 is 5.32 Å². The summed E-state index contributed by atoms with van der Waals surface area (Å²) in [7, 11) is 0. The number of carbonyl (C=O) groups is 1. The van der Waals surface area contributed by atoms with E-state index in [1.165, 1.54) is 11.0 Å². The Labute approximate surface area is 213 Å². The SMILES string of the molecule is Cc1ccn2c(C(=O)NCc3ccc(C4CCN(C5CN(CC(F)(F)F)C5)CC4)c(F)c3)c(C)nc2c1. The Morgan fingerprint density at radius 2 is 1.84 bits per heavy atom. The summed E-state index contributed by atoms with van der Waals surface area (Å²) in [5, 5.41) is 2.88. The zero-order chi connectivity index (χ0) is 26.3. The van der Waals surface area contributed by atoms with E-state index in [4.69, 9.17) is 0 Å². The van der Waals surface area contributed by atoms with E-state index in [9.17, 15) is 18.0 Å². The highest BCUT2D eigenvalue weighted by Crippen LogP contribution is 2.33. The fraction of sp³-hybridized carbons (Fsp3) is 0.481. The molecule has 1 aromatic carbocycles. The molecule has 4 heterocycles. The summed E-state index contributed by atoms with van der Waals surface area (Å²) < 4.78 is 54.4. The van der Waals surface area contributed by atoms with Gasteiger partial charge in [-0.05, 0) is 80.6 Å². The maximum atomic E-state index is 15.0. The van der Waals surface area contributed by atoms with Gasteiger partial charge in [0, 0.05) is 31.9 Å². The predicted octanol–water partition coefficient (Wildman–Crippen LogP) is 4.45. The number of likely N-dealkylation sites (tertiary alicyclic amines) is 2. The largest absolute Gasteiger partial charge is 0.401 e. The molecular formula is C27H31F4N5O. The number of hydrogen-bond donors (Lipinski definition) is 1. The third-order valence-corrected chi connectivity index (χ3v) is 7.52. The molecule has 2 aliphatic heterocycles. The summed E-state index contributed by atoms with van der Waals surface area (Å²) in [5.41, 5.74) is 4.20. The van der Waals surface area contributed by atoms with Gasteiger partial charge in [-0.1, -0.05) is 12.1 Å². The number of rotatable bonds is 6. The molecule has 2 saturated heterocycles. The van der Waals surface area contributed by atoms with Gasteiger partial charge in [0.1, 0.15) is 17.2 Å². The minimum absolute atomic E-state index is 0.0792. The lowest BCUT2D eigenvalue weighted by Crippen LogP contribution is -2.62. The minimum atomic E-state index is -4.16. The number of piperidine rings is 1. The number of pyridine rings is 1. The molecular weight excluding hydrogens is 486 g/mol. The number of nitrogens with zero attached hydrogens (tertiary/aromatic N) is 4. The monoisotopic (exact) mass is 517 g/mol. The minimum Gasteiger partial charge on any atom is -0.347 e. The summed E-state index contributed by atoms with van der Waals surface area (Å²) in [5.74, 6) is -0.474. The fourth-order valence-electron chi connectivity index (χ4n) is 5.55. The first-order valence-electron chi connectivity index (χ1n) is 12.6. The summed E-state index contributed by atoms with van der Waals surface area (Å²) in [4.78, 5) is 21.0. The summed E-state index contributed by atoms with van der Waals surface area (Å²) >= 11 is 0. The number of nitrogens with one attached hydrogen (secondary N) is 1. The molecule has 2 aliphatic rings. The first-order valence-corrected chi connectivity index (χ1v) is 12.6. The van der Waals surface area contributed by atoms with Crippen LogP contribution in [0.15, 0.2) is 36.5 Å². The fourth-order valence-corrected chi connectivity index (χ4v) is 5.55. The van der Waals surface area contributed by atoms with Gasteiger partial charge in [0.25, 0.3) is 5.91 Å². The van der Waals surface area contributed by atoms with Gasteiger partial charge in [-0.25, -0.2) is 9.37 Å². The molecule has 6 nitrogen and oxygen atoms in total. The first-order chi connectivity index (χ1) is 17.6. The molecule has 0 unspecified atom stereocenters. The van der Waals surface area contributed by atoms with E-state index >= 15 is 4.39 Å². The number of halogens is 4. The Hall–Kier alpha value is -2.98. The van der Waals surface area contributed by atoms with Crippen molar-refractivity contribution in [2.75, 3.05) is 32.7 Å². The quantitative estimate of drug-likeness (QED) is 0.491. The molecule has 2 aromatic heterocycles. The van der Waals surface area contributed by atoms with Crippen LogP contribution in [0.1, 0.15) is 51.6 Å². The topological polar surface area (TPSA) is 52.9 Å². The second kappa shape index (κ2) is 10.1. The van der Waals surface area contributed by atoms with Gasteiger partial charge in [0.05, 0.1) is 12.2 Å². The smallest absolute Gasteiger partial charge is 0.347 e. The van der Waals surface area contributed by atoms with E-state index < -0.39 is 12.7 Å². The van der Waals surface area contributed by atoms with Crippen LogP contribution in [0.25, 0.3) is 5.65 Å². The Balaban J connectivity index is 1.14. The van der Waals surface area contributed by atoms with Crippen LogP contribution >= 0.6 is 0 Å². The van der Waals surface area contributed by atoms with E-state index in [-0.39, 0.29) is 30.2 Å². The molecule has 0 bridgehead atoms. The second-order valence-corrected chi connectivity index (χ2v) is 10.3. The van der Waals surface area contributed by atoms with E-state index in [1.54, 1.807) is 17.4 Å². The van der Waals surface area contributed by atoms with Crippen LogP contribution in [0, 0.1) is 19.7 Å². The van der Waals surface area contributed by atoms with Crippen molar-refractivity contribution in [2.45, 2.75) is 51.4 Å². The molecule has 0 atom stereocenters. The summed E-state index contributed by atoms with van der Waals surface area (Å²) in [6.45, 7) is 5.49. The molecule has 2 fully saturated rings. The van der Waals surface area contributed by atoms with Crippen LogP contribution in [0.2, 0.25) is 0 Å². The molecule has 0 saturated carbocycles. The van der Waals surface area contributed by atoms with E-state index in [0.29, 0.717) is 41.3 Å². The van der Waals surface area contributed by atoms with Gasteiger partial charge in [0.2, 0.25) is 0 Å². The number of fused-ring (bicyclic) bond motifs is 1. The Morgan fingerprint density at radius 1 is 1.11 bits per heavy atom. The summed E-state index contributed by atoms with van der Waals surface area (Å²) in [6, 6.07) is 9.10. The maximum Gasteiger partial charge on any atom is 0.401 e. The van der Waals surface area contributed by atoms with Crippen molar-refractivity contribution in [3.8, 4) is 0 Å². The first kappa shape index (κ1) is 25.7. The van der Waals surface area contributed by atoms with Crippen molar-refractivity contribution < 1.29 is 22.4 Å². The van der Waals surface area contributed by atoms with Crippen LogP contribution < -0.4 is 5.32 Å². The number of alkyl halides is 3. The number of imidazole rings is 1. The number of hydrogen-bond acceptors (Lipinski definition) is 4. The third kappa shape index (κ3) is 5.65. The predicted molar refractivity (Wildman–Crippen MR) is 132 cm³/mol. The number of carbonyl (C=O) groups excluding carboxylic acids is 1. The highest BCUT2D eigenvalue weighted by Gasteiger charge is 2.40. The summed E-state index contributed by atoms with van der Waals surface area (Å²) in [6.07, 6.45) is -0.787. The molecule has 0 radical (unpaired) electrons. The van der Waals surface area contributed by atoms with Gasteiger partial charge in [-0.2, -0.15) is 13.2 Å². The molecule has 3 aromatic rings. The number of aryl methyl sites for hydroxylation is 2. The average molecular weight is 518 g/mol. The zero-order valence-corrected chi connectivity index (χ0v) is 21.0. The second-order valence-electron chi connectivity index (χ2n) is 10.3. The lowest BCUT2D eigenvalue weighted by molar-refractivity contribution is -0.161. The van der Waals surface area contributed by atoms with E-state index in [0.717, 1.165) is 31.5 Å². The van der Waals surface area contributed by atoms with Gasteiger partial charge >= 0.3 is 6.18 Å². The third-order valence-electron chi connectivity index (χ3n) is 7.52. The van der Waals surface area contributed by atoms with Crippen LogP contribution in [-0.2, 0) is 6.54 Å². The lowest BCUT2D eigenvalue weighted by atomic mass is 9.87. The molecule has 198 valence electrons. The molecule has 5 rings (SSSR count). The molecule has 0 spiro atoms. The van der Waals surface area contributed by atoms with Crippen molar-refractivity contribution >= 4 is 11.6 Å². The van der Waals surface area contributed by atoms with Crippen molar-refractivity contribution in [1.29, 1.82) is 0 Å². The van der Waals surface area contributed by atoms with E-state index in [2.05, 4.69) is 15.2 Å². The Bertz CT molecular complexity index is 1290. The molecule has 1 amide bonds. The van der Waals surface area contributed by atoms with E-state index in [1.807, 2.05) is 31.3 Å². The average Bonchev–Trinajstić information content (AvgIpc) is 3.14. The highest BCUT2D eigenvalue weighted by atomic mass is 19.4. The standard InChI is InChI=1S/C27H31F4N5O/c1-17-5-10-36-24(11-17)33-18(2)25(36)26(37)32-13-19-3-4-22(23(28)12-19)20-6-8-35(9-7-20)21-14-34(15-21)16-27(29,30)31/h3-5,10-12,20-21H,6-9,13-16H2,1-2H3,(H,32,37). The van der Waals surface area contributed by atoms with Gasteiger partial charge in [-0.3, -0.25) is 19.0 Å². The number of amides is 1. The lowest BCUT2D eigenvalue weighted by Gasteiger charge is -2.47. The van der Waals surface area contributed by atoms with Crippen molar-refractivity contribution in [3.63, 3.8) is 0 Å². The molecule has 10 heteroatoms. The normalized spacial score (nSPS) is 18.3. The zero-order valence-electron chi connectivity index (χ0n) is 21.0. The number of aromatic nitrogens is 2. The maximum absolute atomic E-state index is 15.0.